The molecule has 16 heavy (non-hydrogen) atoms. The van der Waals surface area contributed by atoms with Gasteiger partial charge < -0.3 is 14.9 Å². The Morgan fingerprint density at radius 2 is 1.94 bits per heavy atom. The zero-order valence-corrected chi connectivity index (χ0v) is 10.00. The molecule has 0 bridgehead atoms. The van der Waals surface area contributed by atoms with Crippen LogP contribution < -0.4 is 4.74 Å². The molecular formula is C11H13ClO4. The highest BCUT2D eigenvalue weighted by Crippen LogP contribution is 2.42. The van der Waals surface area contributed by atoms with Gasteiger partial charge in [0.05, 0.1) is 0 Å². The molecule has 0 atom stereocenters. The fraction of sp³-hybridized carbons (Fsp3) is 0.364. The van der Waals surface area contributed by atoms with E-state index in [1.54, 1.807) is 0 Å². The third-order valence-corrected chi connectivity index (χ3v) is 2.35. The van der Waals surface area contributed by atoms with Crippen molar-refractivity contribution in [2.75, 3.05) is 0 Å². The second kappa shape index (κ2) is 4.22. The minimum Gasteiger partial charge on any atom is -0.504 e. The highest BCUT2D eigenvalue weighted by Gasteiger charge is 2.24. The van der Waals surface area contributed by atoms with E-state index in [-0.39, 0.29) is 11.5 Å². The lowest BCUT2D eigenvalue weighted by molar-refractivity contribution is 0.142. The van der Waals surface area contributed by atoms with Gasteiger partial charge in [-0.25, -0.2) is 4.79 Å². The van der Waals surface area contributed by atoms with Crippen LogP contribution in [-0.4, -0.2) is 16.4 Å². The average molecular weight is 245 g/mol. The number of hydrogen-bond donors (Lipinski definition) is 2. The lowest BCUT2D eigenvalue weighted by Gasteiger charge is -2.22. The Morgan fingerprint density at radius 1 is 1.38 bits per heavy atom. The van der Waals surface area contributed by atoms with E-state index in [2.05, 4.69) is 4.74 Å². The number of rotatable bonds is 1. The summed E-state index contributed by atoms with van der Waals surface area (Å²) in [5.74, 6) is -0.343. The Hall–Kier alpha value is -1.42. The molecule has 1 aromatic carbocycles. The fourth-order valence-electron chi connectivity index (χ4n) is 1.44. The summed E-state index contributed by atoms with van der Waals surface area (Å²) in [4.78, 5) is 10.4. The van der Waals surface area contributed by atoms with Crippen LogP contribution in [0.2, 0.25) is 5.02 Å². The van der Waals surface area contributed by atoms with Crippen molar-refractivity contribution in [2.45, 2.75) is 26.2 Å². The van der Waals surface area contributed by atoms with E-state index in [9.17, 15) is 9.90 Å². The van der Waals surface area contributed by atoms with Crippen molar-refractivity contribution < 1.29 is 19.7 Å². The number of carbonyl (C=O) groups is 1. The van der Waals surface area contributed by atoms with Crippen molar-refractivity contribution in [3.63, 3.8) is 0 Å². The summed E-state index contributed by atoms with van der Waals surface area (Å²) < 4.78 is 4.44. The lowest BCUT2D eigenvalue weighted by atomic mass is 9.86. The molecule has 88 valence electrons. The second-order valence-corrected chi connectivity index (χ2v) is 4.79. The molecule has 0 fully saturated rings. The molecule has 1 aromatic rings. The summed E-state index contributed by atoms with van der Waals surface area (Å²) in [6.07, 6.45) is -1.47. The Bertz CT molecular complexity index is 421. The number of ether oxygens (including phenoxy) is 1. The number of carboxylic acid groups (broad SMARTS) is 1. The number of benzene rings is 1. The van der Waals surface area contributed by atoms with Gasteiger partial charge in [0.2, 0.25) is 0 Å². The molecule has 0 heterocycles. The van der Waals surface area contributed by atoms with Gasteiger partial charge in [-0.15, -0.1) is 0 Å². The Labute approximate surface area is 98.4 Å². The standard InChI is InChI=1S/C11H13ClO4/c1-11(2,3)8-6(12)4-5-7(9(8)13)16-10(14)15/h4-5,13H,1-3H3,(H,14,15). The van der Waals surface area contributed by atoms with Crippen LogP contribution in [0.4, 0.5) is 4.79 Å². The second-order valence-electron chi connectivity index (χ2n) is 4.39. The zero-order chi connectivity index (χ0) is 12.5. The van der Waals surface area contributed by atoms with E-state index >= 15 is 0 Å². The van der Waals surface area contributed by atoms with Gasteiger partial charge >= 0.3 is 6.16 Å². The highest BCUT2D eigenvalue weighted by atomic mass is 35.5. The Morgan fingerprint density at radius 3 is 2.38 bits per heavy atom. The van der Waals surface area contributed by atoms with Gasteiger partial charge in [0.1, 0.15) is 0 Å². The number of hydrogen-bond acceptors (Lipinski definition) is 3. The molecule has 0 radical (unpaired) electrons. The minimum absolute atomic E-state index is 0.109. The first kappa shape index (κ1) is 12.6. The maximum absolute atomic E-state index is 10.4. The van der Waals surface area contributed by atoms with Gasteiger partial charge in [-0.05, 0) is 17.5 Å². The lowest BCUT2D eigenvalue weighted by Crippen LogP contribution is -2.13. The van der Waals surface area contributed by atoms with Gasteiger partial charge in [-0.3, -0.25) is 0 Å². The molecule has 0 aromatic heterocycles. The van der Waals surface area contributed by atoms with Crippen LogP contribution >= 0.6 is 11.6 Å². The van der Waals surface area contributed by atoms with Crippen molar-refractivity contribution in [1.29, 1.82) is 0 Å². The Kier molecular flexibility index (Phi) is 3.33. The molecule has 4 nitrogen and oxygen atoms in total. The topological polar surface area (TPSA) is 66.8 Å². The average Bonchev–Trinajstić information content (AvgIpc) is 2.07. The molecule has 2 N–H and O–H groups in total. The van der Waals surface area contributed by atoms with E-state index < -0.39 is 11.6 Å². The largest absolute Gasteiger partial charge is 0.511 e. The summed E-state index contributed by atoms with van der Waals surface area (Å²) in [5, 5.41) is 18.7. The van der Waals surface area contributed by atoms with Gasteiger partial charge in [-0.1, -0.05) is 32.4 Å². The molecule has 0 saturated carbocycles. The summed E-state index contributed by atoms with van der Waals surface area (Å²) in [6.45, 7) is 5.58. The summed E-state index contributed by atoms with van der Waals surface area (Å²) >= 11 is 5.96. The maximum atomic E-state index is 10.4. The quantitative estimate of drug-likeness (QED) is 0.587. The first-order chi connectivity index (χ1) is 7.23. The van der Waals surface area contributed by atoms with Crippen LogP contribution in [-0.2, 0) is 5.41 Å². The first-order valence-corrected chi connectivity index (χ1v) is 5.04. The summed E-state index contributed by atoms with van der Waals surface area (Å²) in [5.41, 5.74) is 0.0619. The number of aromatic hydroxyl groups is 1. The third kappa shape index (κ3) is 2.58. The highest BCUT2D eigenvalue weighted by molar-refractivity contribution is 6.31. The van der Waals surface area contributed by atoms with Crippen LogP contribution in [0.25, 0.3) is 0 Å². The minimum atomic E-state index is -1.47. The van der Waals surface area contributed by atoms with E-state index in [0.717, 1.165) is 0 Å². The van der Waals surface area contributed by atoms with E-state index in [0.29, 0.717) is 10.6 Å². The predicted molar refractivity (Wildman–Crippen MR) is 60.5 cm³/mol. The molecule has 0 amide bonds. The predicted octanol–water partition coefficient (Wildman–Crippen LogP) is 3.40. The smallest absolute Gasteiger partial charge is 0.504 e. The SMILES string of the molecule is CC(C)(C)c1c(Cl)ccc(OC(=O)O)c1O. The normalized spacial score (nSPS) is 11.2. The summed E-state index contributed by atoms with van der Waals surface area (Å²) in [7, 11) is 0. The molecule has 0 aliphatic carbocycles. The van der Waals surface area contributed by atoms with E-state index in [1.807, 2.05) is 20.8 Å². The fourth-order valence-corrected chi connectivity index (χ4v) is 1.87. The van der Waals surface area contributed by atoms with Crippen molar-refractivity contribution in [3.05, 3.63) is 22.7 Å². The van der Waals surface area contributed by atoms with E-state index in [4.69, 9.17) is 16.7 Å². The van der Waals surface area contributed by atoms with Crippen LogP contribution in [0.15, 0.2) is 12.1 Å². The molecule has 0 spiro atoms. The van der Waals surface area contributed by atoms with Gasteiger partial charge in [0.25, 0.3) is 0 Å². The van der Waals surface area contributed by atoms with Gasteiger partial charge in [0.15, 0.2) is 11.5 Å². The molecule has 0 aliphatic heterocycles. The van der Waals surface area contributed by atoms with Crippen molar-refractivity contribution >= 4 is 17.8 Å². The first-order valence-electron chi connectivity index (χ1n) is 4.66. The van der Waals surface area contributed by atoms with Crippen molar-refractivity contribution in [3.8, 4) is 11.5 Å². The molecule has 1 rings (SSSR count). The molecule has 0 saturated heterocycles. The number of phenols is 1. The van der Waals surface area contributed by atoms with Crippen LogP contribution in [0.3, 0.4) is 0 Å². The number of phenolic OH excluding ortho intramolecular Hbond substituents is 1. The monoisotopic (exact) mass is 244 g/mol. The molecule has 0 aliphatic rings. The Balaban J connectivity index is 3.33. The van der Waals surface area contributed by atoms with Gasteiger partial charge in [0, 0.05) is 10.6 Å². The third-order valence-electron chi connectivity index (χ3n) is 2.04. The van der Waals surface area contributed by atoms with E-state index in [1.165, 1.54) is 12.1 Å². The summed E-state index contributed by atoms with van der Waals surface area (Å²) in [6, 6.07) is 2.82. The van der Waals surface area contributed by atoms with Crippen LogP contribution in [0.1, 0.15) is 26.3 Å². The zero-order valence-electron chi connectivity index (χ0n) is 9.24. The molecule has 0 unspecified atom stereocenters. The molecule has 5 heteroatoms. The van der Waals surface area contributed by atoms with Crippen LogP contribution in [0.5, 0.6) is 11.5 Å². The van der Waals surface area contributed by atoms with Crippen LogP contribution in [0, 0.1) is 0 Å². The number of halogens is 1. The van der Waals surface area contributed by atoms with Gasteiger partial charge in [-0.2, -0.15) is 0 Å². The van der Waals surface area contributed by atoms with Crippen molar-refractivity contribution in [2.24, 2.45) is 0 Å². The van der Waals surface area contributed by atoms with Crippen molar-refractivity contribution in [1.82, 2.24) is 0 Å². The molecular weight excluding hydrogens is 232 g/mol. The maximum Gasteiger partial charge on any atom is 0.511 e.